The first-order valence-electron chi connectivity index (χ1n) is 15.2. The van der Waals surface area contributed by atoms with Crippen LogP contribution in [0.15, 0.2) is 89.8 Å². The van der Waals surface area contributed by atoms with E-state index in [1.807, 2.05) is 50.2 Å². The second kappa shape index (κ2) is 18.6. The highest BCUT2D eigenvalue weighted by Crippen LogP contribution is 2.33. The number of ether oxygens (including phenoxy) is 1. The van der Waals surface area contributed by atoms with Gasteiger partial charge in [-0.25, -0.2) is 4.31 Å². The molecule has 4 aromatic rings. The number of aliphatic hydroxyl groups is 1. The van der Waals surface area contributed by atoms with Crippen molar-refractivity contribution in [3.8, 4) is 22.6 Å². The van der Waals surface area contributed by atoms with Gasteiger partial charge in [-0.1, -0.05) is 68.3 Å². The predicted octanol–water partition coefficient (Wildman–Crippen LogP) is 9.57. The number of carbonyl (C=O) groups excluding carboxylic acids is 1. The van der Waals surface area contributed by atoms with Crippen molar-refractivity contribution >= 4 is 40.6 Å². The molecule has 1 unspecified atom stereocenters. The molecule has 5 nitrogen and oxygen atoms in total. The lowest BCUT2D eigenvalue weighted by Gasteiger charge is -2.30. The van der Waals surface area contributed by atoms with Crippen molar-refractivity contribution in [2.75, 3.05) is 13.7 Å². The zero-order valence-corrected chi connectivity index (χ0v) is 27.0. The van der Waals surface area contributed by atoms with Crippen LogP contribution in [0.5, 0.6) is 11.5 Å². The summed E-state index contributed by atoms with van der Waals surface area (Å²) >= 11 is 7.50. The third kappa shape index (κ3) is 10.6. The Morgan fingerprint density at radius 2 is 1.37 bits per heavy atom. The summed E-state index contributed by atoms with van der Waals surface area (Å²) in [6.07, 6.45) is 9.74. The normalized spacial score (nSPS) is 16.5. The molecule has 4 aromatic carbocycles. The predicted molar refractivity (Wildman–Crippen MR) is 181 cm³/mol. The molecule has 1 aliphatic carbocycles. The summed E-state index contributed by atoms with van der Waals surface area (Å²) in [6, 6.07) is 27.7. The van der Waals surface area contributed by atoms with Crippen molar-refractivity contribution in [2.24, 2.45) is 0 Å². The average Bonchev–Trinajstić information content (AvgIpc) is 3.57. The van der Waals surface area contributed by atoms with Crippen molar-refractivity contribution in [1.82, 2.24) is 4.31 Å². The van der Waals surface area contributed by atoms with Crippen molar-refractivity contribution in [1.29, 1.82) is 0 Å². The summed E-state index contributed by atoms with van der Waals surface area (Å²) in [5, 5.41) is 19.3. The number of aldehydes is 1. The second-order valence-electron chi connectivity index (χ2n) is 10.2. The van der Waals surface area contributed by atoms with E-state index in [0.717, 1.165) is 54.7 Å². The van der Waals surface area contributed by atoms with E-state index in [4.69, 9.17) is 26.6 Å². The van der Waals surface area contributed by atoms with Gasteiger partial charge in [0.15, 0.2) is 0 Å². The summed E-state index contributed by atoms with van der Waals surface area (Å²) in [7, 11) is 1.00. The maximum absolute atomic E-state index is 11.3. The van der Waals surface area contributed by atoms with Gasteiger partial charge in [-0.3, -0.25) is 0 Å². The minimum Gasteiger partial charge on any atom is -0.508 e. The van der Waals surface area contributed by atoms with Crippen LogP contribution in [0.4, 0.5) is 0 Å². The number of halogens is 1. The molecule has 2 fully saturated rings. The van der Waals surface area contributed by atoms with Crippen LogP contribution >= 0.6 is 23.5 Å². The van der Waals surface area contributed by atoms with Crippen LogP contribution in [0.1, 0.15) is 58.8 Å². The topological polar surface area (TPSA) is 70.0 Å². The summed E-state index contributed by atoms with van der Waals surface area (Å²) in [6.45, 7) is 4.99. The number of rotatable bonds is 6. The monoisotopic (exact) mass is 621 g/mol. The zero-order valence-electron chi connectivity index (χ0n) is 25.4. The Balaban J connectivity index is 0.000000239. The van der Waals surface area contributed by atoms with Gasteiger partial charge in [-0.05, 0) is 121 Å². The van der Waals surface area contributed by atoms with E-state index in [0.29, 0.717) is 6.10 Å². The molecule has 43 heavy (non-hydrogen) atoms. The van der Waals surface area contributed by atoms with Crippen molar-refractivity contribution in [2.45, 2.75) is 75.8 Å². The minimum atomic E-state index is 0.0524. The summed E-state index contributed by atoms with van der Waals surface area (Å²) in [5.74, 6) is 1.26. The molecule has 0 aromatic heterocycles. The molecule has 2 N–H and O–H groups in total. The Labute approximate surface area is 266 Å². The van der Waals surface area contributed by atoms with Crippen LogP contribution in [0, 0.1) is 0 Å². The fourth-order valence-electron chi connectivity index (χ4n) is 5.14. The molecule has 1 saturated heterocycles. The van der Waals surface area contributed by atoms with Gasteiger partial charge in [0.2, 0.25) is 0 Å². The Bertz CT molecular complexity index is 1330. The molecule has 6 rings (SSSR count). The van der Waals surface area contributed by atoms with Crippen LogP contribution in [-0.2, 0) is 4.79 Å². The highest BCUT2D eigenvalue weighted by atomic mass is 35.5. The lowest BCUT2D eigenvalue weighted by molar-refractivity contribution is -0.111. The number of hydrogen-bond donors (Lipinski definition) is 2. The van der Waals surface area contributed by atoms with E-state index in [2.05, 4.69) is 40.7 Å². The number of aromatic hydroxyl groups is 1. The quantitative estimate of drug-likeness (QED) is 0.165. The molecule has 230 valence electrons. The zero-order chi connectivity index (χ0) is 31.0. The minimum absolute atomic E-state index is 0.0524. The summed E-state index contributed by atoms with van der Waals surface area (Å²) < 4.78 is 8.34. The lowest BCUT2D eigenvalue weighted by atomic mass is 10.1. The van der Waals surface area contributed by atoms with Gasteiger partial charge in [0.05, 0.1) is 12.1 Å². The Morgan fingerprint density at radius 1 is 0.791 bits per heavy atom. The van der Waals surface area contributed by atoms with Crippen molar-refractivity contribution < 1.29 is 19.7 Å². The van der Waals surface area contributed by atoms with E-state index in [1.54, 1.807) is 24.1 Å². The van der Waals surface area contributed by atoms with Crippen molar-refractivity contribution in [3.05, 3.63) is 90.0 Å². The number of fused-ring (bicyclic) bond motifs is 1. The average molecular weight is 622 g/mol. The summed E-state index contributed by atoms with van der Waals surface area (Å²) in [5.41, 5.74) is 2.16. The number of carbonyl (C=O) groups is 1. The maximum Gasteiger partial charge on any atom is 0.138 e. The largest absolute Gasteiger partial charge is 0.508 e. The summed E-state index contributed by atoms with van der Waals surface area (Å²) in [4.78, 5) is 12.5. The molecule has 0 spiro atoms. The Hall–Kier alpha value is -3.03. The molecule has 0 bridgehead atoms. The molecule has 7 heteroatoms. The third-order valence-corrected chi connectivity index (χ3v) is 8.72. The van der Waals surface area contributed by atoms with Crippen LogP contribution in [0.3, 0.4) is 0 Å². The van der Waals surface area contributed by atoms with Crippen LogP contribution in [0.25, 0.3) is 21.9 Å². The number of phenolic OH excluding ortho intramolecular Hbond substituents is 1. The second-order valence-corrected chi connectivity index (χ2v) is 11.7. The van der Waals surface area contributed by atoms with Gasteiger partial charge in [0.1, 0.15) is 17.8 Å². The highest BCUT2D eigenvalue weighted by Gasteiger charge is 2.23. The number of phenols is 1. The van der Waals surface area contributed by atoms with E-state index in [-0.39, 0.29) is 11.8 Å². The number of aliphatic hydroxyl groups excluding tert-OH is 1. The Kier molecular flexibility index (Phi) is 14.9. The molecule has 1 aliphatic heterocycles. The molecule has 2 aliphatic rings. The van der Waals surface area contributed by atoms with Crippen LogP contribution < -0.4 is 4.74 Å². The fraction of sp³-hybridized carbons (Fsp3) is 0.361. The van der Waals surface area contributed by atoms with E-state index in [1.165, 1.54) is 47.8 Å². The number of nitrogens with zero attached hydrogens (tertiary/aromatic N) is 1. The van der Waals surface area contributed by atoms with Crippen molar-refractivity contribution in [3.63, 3.8) is 0 Å². The molecule has 1 atom stereocenters. The van der Waals surface area contributed by atoms with Gasteiger partial charge >= 0.3 is 0 Å². The van der Waals surface area contributed by atoms with Gasteiger partial charge in [0.25, 0.3) is 0 Å². The first kappa shape index (κ1) is 34.5. The fourth-order valence-corrected chi connectivity index (χ4v) is 6.36. The number of piperidine rings is 1. The first-order chi connectivity index (χ1) is 21.1. The smallest absolute Gasteiger partial charge is 0.138 e. The van der Waals surface area contributed by atoms with E-state index >= 15 is 0 Å². The molecule has 0 radical (unpaired) electrons. The van der Waals surface area contributed by atoms with Crippen LogP contribution in [-0.4, -0.2) is 46.6 Å². The molecular weight excluding hydrogens is 578 g/mol. The first-order valence-corrected chi connectivity index (χ1v) is 16.3. The van der Waals surface area contributed by atoms with Crippen LogP contribution in [0.2, 0.25) is 5.02 Å². The van der Waals surface area contributed by atoms with Gasteiger partial charge in [0, 0.05) is 23.6 Å². The molecule has 0 amide bonds. The number of benzene rings is 4. The molecule has 1 saturated carbocycles. The molecular formula is C36H44ClNO4S. The lowest BCUT2D eigenvalue weighted by Crippen LogP contribution is -2.35. The Morgan fingerprint density at radius 3 is 2.02 bits per heavy atom. The third-order valence-electron chi connectivity index (χ3n) is 7.31. The van der Waals surface area contributed by atoms with Gasteiger partial charge in [-0.2, -0.15) is 0 Å². The SMILES string of the molecule is CC.CO.O=CC1CCCCN1Sc1ccc2cc(OC3CCCC3)ccc2c1.Oc1ccc(-c2ccc(Cl)cc2)cc1. The van der Waals surface area contributed by atoms with Gasteiger partial charge in [-0.15, -0.1) is 0 Å². The van der Waals surface area contributed by atoms with E-state index in [9.17, 15) is 4.79 Å². The van der Waals surface area contributed by atoms with Gasteiger partial charge < -0.3 is 19.7 Å². The number of hydrogen-bond acceptors (Lipinski definition) is 6. The maximum atomic E-state index is 11.3. The molecule has 1 heterocycles. The highest BCUT2D eigenvalue weighted by molar-refractivity contribution is 7.97. The standard InChI is InChI=1S/C21H25NO2S.C12H9ClO.C2H6.CH4O/c23-15-18-5-3-4-12-22(18)25-21-11-9-16-13-20(10-8-17(16)14-21)24-19-6-1-2-7-19;13-11-5-1-9(2-6-11)10-3-7-12(14)8-4-10;2*1-2/h8-11,13-15,18-19H,1-7,12H2;1-8,14H;1-2H3;2H,1H3. The van der Waals surface area contributed by atoms with E-state index < -0.39 is 0 Å².